The van der Waals surface area contributed by atoms with Gasteiger partial charge in [-0.3, -0.25) is 9.10 Å². The van der Waals surface area contributed by atoms with Crippen LogP contribution in [0.3, 0.4) is 0 Å². The number of carbonyl (C=O) groups excluding carboxylic acids is 1. The molecule has 5 nitrogen and oxygen atoms in total. The van der Waals surface area contributed by atoms with Crippen LogP contribution in [0.5, 0.6) is 0 Å². The lowest BCUT2D eigenvalue weighted by Crippen LogP contribution is -2.43. The van der Waals surface area contributed by atoms with Gasteiger partial charge < -0.3 is 5.32 Å². The van der Waals surface area contributed by atoms with Crippen LogP contribution >= 0.6 is 0 Å². The maximum Gasteiger partial charge on any atom is 0.264 e. The van der Waals surface area contributed by atoms with Gasteiger partial charge in [-0.1, -0.05) is 29.8 Å². The first-order chi connectivity index (χ1) is 12.1. The molecule has 26 heavy (non-hydrogen) atoms. The van der Waals surface area contributed by atoms with E-state index in [1.165, 1.54) is 4.31 Å². The van der Waals surface area contributed by atoms with Crippen molar-refractivity contribution in [3.05, 3.63) is 59.2 Å². The Morgan fingerprint density at radius 1 is 1.00 bits per heavy atom. The first-order valence-corrected chi connectivity index (χ1v) is 10.0. The lowest BCUT2D eigenvalue weighted by molar-refractivity contribution is -0.120. The number of nitrogens with one attached hydrogen (secondary N) is 1. The van der Waals surface area contributed by atoms with Gasteiger partial charge in [0, 0.05) is 6.04 Å². The summed E-state index contributed by atoms with van der Waals surface area (Å²) in [5.41, 5.74) is 3.21. The molecule has 0 fully saturated rings. The van der Waals surface area contributed by atoms with E-state index in [1.807, 2.05) is 46.8 Å². The predicted octanol–water partition coefficient (Wildman–Crippen LogP) is 3.33. The van der Waals surface area contributed by atoms with Crippen molar-refractivity contribution >= 4 is 21.6 Å². The molecular weight excluding hydrogens is 348 g/mol. The summed E-state index contributed by atoms with van der Waals surface area (Å²) in [4.78, 5) is 12.5. The molecule has 0 atom stereocenters. The molecule has 0 spiro atoms. The van der Waals surface area contributed by atoms with Crippen LogP contribution in [0.4, 0.5) is 5.69 Å². The van der Waals surface area contributed by atoms with Crippen LogP contribution in [0.2, 0.25) is 0 Å². The van der Waals surface area contributed by atoms with E-state index >= 15 is 0 Å². The average Bonchev–Trinajstić information content (AvgIpc) is 2.54. The zero-order valence-electron chi connectivity index (χ0n) is 15.9. The van der Waals surface area contributed by atoms with Crippen LogP contribution in [-0.2, 0) is 14.8 Å². The molecule has 0 aliphatic heterocycles. The van der Waals surface area contributed by atoms with Gasteiger partial charge in [0.15, 0.2) is 0 Å². The second-order valence-corrected chi connectivity index (χ2v) is 8.70. The minimum Gasteiger partial charge on any atom is -0.352 e. The number of anilines is 1. The molecule has 0 aromatic heterocycles. The van der Waals surface area contributed by atoms with Crippen LogP contribution in [0.15, 0.2) is 47.4 Å². The van der Waals surface area contributed by atoms with Gasteiger partial charge in [-0.15, -0.1) is 0 Å². The van der Waals surface area contributed by atoms with E-state index < -0.39 is 10.0 Å². The smallest absolute Gasteiger partial charge is 0.264 e. The number of hydrogen-bond acceptors (Lipinski definition) is 3. The summed E-state index contributed by atoms with van der Waals surface area (Å²) in [6.07, 6.45) is 0. The van der Waals surface area contributed by atoms with Crippen molar-refractivity contribution < 1.29 is 13.2 Å². The summed E-state index contributed by atoms with van der Waals surface area (Å²) in [5.74, 6) is -0.336. The molecule has 0 saturated carbocycles. The van der Waals surface area contributed by atoms with Gasteiger partial charge in [-0.05, 0) is 63.9 Å². The quantitative estimate of drug-likeness (QED) is 0.843. The third kappa shape index (κ3) is 4.64. The van der Waals surface area contributed by atoms with Crippen LogP contribution < -0.4 is 9.62 Å². The molecule has 140 valence electrons. The van der Waals surface area contributed by atoms with Gasteiger partial charge in [0.25, 0.3) is 10.0 Å². The second-order valence-electron chi connectivity index (χ2n) is 6.84. The maximum atomic E-state index is 13.3. The molecule has 0 unspecified atom stereocenters. The number of rotatable bonds is 6. The Balaban J connectivity index is 2.54. The standard InChI is InChI=1S/C20H26N2O3S/c1-14(2)21-20(23)13-22(19-12-16(4)6-9-17(19)5)26(24,25)18-10-7-15(3)8-11-18/h6-12,14H,13H2,1-5H3,(H,21,23). The van der Waals surface area contributed by atoms with E-state index in [4.69, 9.17) is 0 Å². The summed E-state index contributed by atoms with van der Waals surface area (Å²) in [7, 11) is -3.87. The van der Waals surface area contributed by atoms with Crippen molar-refractivity contribution in [1.29, 1.82) is 0 Å². The largest absolute Gasteiger partial charge is 0.352 e. The van der Waals surface area contributed by atoms with E-state index in [0.29, 0.717) is 5.69 Å². The van der Waals surface area contributed by atoms with Crippen molar-refractivity contribution in [2.45, 2.75) is 45.6 Å². The second kappa shape index (κ2) is 7.91. The van der Waals surface area contributed by atoms with Gasteiger partial charge in [0.05, 0.1) is 10.6 Å². The fourth-order valence-electron chi connectivity index (χ4n) is 2.62. The minimum absolute atomic E-state index is 0.0648. The predicted molar refractivity (Wildman–Crippen MR) is 105 cm³/mol. The number of aryl methyl sites for hydroxylation is 3. The van der Waals surface area contributed by atoms with Crippen molar-refractivity contribution in [1.82, 2.24) is 5.32 Å². The van der Waals surface area contributed by atoms with Gasteiger partial charge in [0.2, 0.25) is 5.91 Å². The lowest BCUT2D eigenvalue weighted by Gasteiger charge is -2.26. The third-order valence-corrected chi connectivity index (χ3v) is 5.75. The van der Waals surface area contributed by atoms with Gasteiger partial charge in [-0.2, -0.15) is 0 Å². The highest BCUT2D eigenvalue weighted by atomic mass is 32.2. The fourth-order valence-corrected chi connectivity index (χ4v) is 4.10. The molecule has 0 bridgehead atoms. The van der Waals surface area contributed by atoms with Gasteiger partial charge in [-0.25, -0.2) is 8.42 Å². The number of benzene rings is 2. The van der Waals surface area contributed by atoms with Gasteiger partial charge >= 0.3 is 0 Å². The monoisotopic (exact) mass is 374 g/mol. The Kier molecular flexibility index (Phi) is 6.08. The zero-order valence-corrected chi connectivity index (χ0v) is 16.7. The van der Waals surface area contributed by atoms with E-state index in [-0.39, 0.29) is 23.4 Å². The molecule has 1 N–H and O–H groups in total. The molecule has 0 aliphatic rings. The van der Waals surface area contributed by atoms with Gasteiger partial charge in [0.1, 0.15) is 6.54 Å². The van der Waals surface area contributed by atoms with Crippen molar-refractivity contribution in [3.63, 3.8) is 0 Å². The van der Waals surface area contributed by atoms with Crippen LogP contribution in [0, 0.1) is 20.8 Å². The highest BCUT2D eigenvalue weighted by Gasteiger charge is 2.28. The SMILES string of the molecule is Cc1ccc(S(=O)(=O)N(CC(=O)NC(C)C)c2cc(C)ccc2C)cc1. The van der Waals surface area contributed by atoms with E-state index in [0.717, 1.165) is 16.7 Å². The van der Waals surface area contributed by atoms with Crippen molar-refractivity contribution in [3.8, 4) is 0 Å². The number of hydrogen-bond donors (Lipinski definition) is 1. The van der Waals surface area contributed by atoms with E-state index in [9.17, 15) is 13.2 Å². The Morgan fingerprint density at radius 2 is 1.58 bits per heavy atom. The summed E-state index contributed by atoms with van der Waals surface area (Å²) < 4.78 is 27.7. The molecule has 6 heteroatoms. The normalized spacial score (nSPS) is 11.5. The fraction of sp³-hybridized carbons (Fsp3) is 0.350. The number of nitrogens with zero attached hydrogens (tertiary/aromatic N) is 1. The average molecular weight is 375 g/mol. The zero-order chi connectivity index (χ0) is 19.5. The van der Waals surface area contributed by atoms with Crippen LogP contribution in [-0.4, -0.2) is 26.9 Å². The molecule has 0 saturated heterocycles. The summed E-state index contributed by atoms with van der Waals surface area (Å²) in [5, 5.41) is 2.76. The topological polar surface area (TPSA) is 66.5 Å². The highest BCUT2D eigenvalue weighted by molar-refractivity contribution is 7.92. The Labute approximate surface area is 156 Å². The molecule has 0 aliphatic carbocycles. The molecule has 1 amide bonds. The molecule has 2 rings (SSSR count). The molecule has 0 radical (unpaired) electrons. The molecule has 2 aromatic carbocycles. The third-order valence-electron chi connectivity index (χ3n) is 3.98. The molecule has 0 heterocycles. The Bertz CT molecular complexity index is 888. The molecule has 2 aromatic rings. The Morgan fingerprint density at radius 3 is 2.15 bits per heavy atom. The number of carbonyl (C=O) groups is 1. The summed E-state index contributed by atoms with van der Waals surface area (Å²) in [6.45, 7) is 9.05. The van der Waals surface area contributed by atoms with E-state index in [1.54, 1.807) is 30.3 Å². The Hall–Kier alpha value is -2.34. The maximum absolute atomic E-state index is 13.3. The number of amides is 1. The molecular formula is C20H26N2O3S. The summed E-state index contributed by atoms with van der Waals surface area (Å²) in [6, 6.07) is 12.2. The number of sulfonamides is 1. The van der Waals surface area contributed by atoms with Crippen LogP contribution in [0.1, 0.15) is 30.5 Å². The lowest BCUT2D eigenvalue weighted by atomic mass is 10.1. The van der Waals surface area contributed by atoms with Crippen molar-refractivity contribution in [2.75, 3.05) is 10.8 Å². The van der Waals surface area contributed by atoms with E-state index in [2.05, 4.69) is 5.32 Å². The minimum atomic E-state index is -3.87. The summed E-state index contributed by atoms with van der Waals surface area (Å²) >= 11 is 0. The first kappa shape index (κ1) is 20.0. The first-order valence-electron chi connectivity index (χ1n) is 8.57. The van der Waals surface area contributed by atoms with Crippen LogP contribution in [0.25, 0.3) is 0 Å². The van der Waals surface area contributed by atoms with Crippen molar-refractivity contribution in [2.24, 2.45) is 0 Å². The highest BCUT2D eigenvalue weighted by Crippen LogP contribution is 2.28.